The largest absolute Gasteiger partial charge is 0.353 e. The first-order valence-electron chi connectivity index (χ1n) is 9.45. The van der Waals surface area contributed by atoms with Crippen molar-refractivity contribution in [3.05, 3.63) is 48.0 Å². The molecule has 0 radical (unpaired) electrons. The van der Waals surface area contributed by atoms with Gasteiger partial charge in [0, 0.05) is 11.3 Å². The monoisotopic (exact) mass is 361 g/mol. The SMILES string of the molecule is CC(=O)[C@H]1[C@H]2[C@H](C(=O)[C@@H]3OC[C@@H]2O3)[C@H]2C=Cc3ccc4ccccc4c3N21. The van der Waals surface area contributed by atoms with Crippen molar-refractivity contribution in [1.29, 1.82) is 0 Å². The number of ketones is 2. The summed E-state index contributed by atoms with van der Waals surface area (Å²) in [6.07, 6.45) is 3.20. The Labute approximate surface area is 156 Å². The first-order chi connectivity index (χ1) is 13.1. The molecule has 0 aliphatic carbocycles. The average Bonchev–Trinajstić information content (AvgIpc) is 3.26. The van der Waals surface area contributed by atoms with Crippen molar-refractivity contribution in [2.24, 2.45) is 11.8 Å². The predicted molar refractivity (Wildman–Crippen MR) is 100 cm³/mol. The van der Waals surface area contributed by atoms with Crippen LogP contribution in [-0.2, 0) is 19.1 Å². The summed E-state index contributed by atoms with van der Waals surface area (Å²) in [5.41, 5.74) is 2.14. The standard InChI is InChI=1S/C22H19NO4/c1-11(24)19-18-16-10-26-22(27-16)21(25)17(18)15-9-8-13-7-6-12-4-2-3-5-14(12)20(13)23(15)19/h2-9,15-19,22H,10H2,1H3/t15-,16+,17-,18-,19+,22-/m1/s1. The molecule has 5 nitrogen and oxygen atoms in total. The van der Waals surface area contributed by atoms with Gasteiger partial charge < -0.3 is 14.4 Å². The molecule has 5 heteroatoms. The van der Waals surface area contributed by atoms with Gasteiger partial charge in [-0.05, 0) is 17.9 Å². The molecule has 0 saturated carbocycles. The van der Waals surface area contributed by atoms with Gasteiger partial charge in [0.2, 0.25) is 6.29 Å². The van der Waals surface area contributed by atoms with E-state index in [1.807, 2.05) is 12.1 Å². The van der Waals surface area contributed by atoms with E-state index in [1.165, 1.54) is 0 Å². The van der Waals surface area contributed by atoms with Crippen LogP contribution >= 0.6 is 0 Å². The summed E-state index contributed by atoms with van der Waals surface area (Å²) in [7, 11) is 0. The van der Waals surface area contributed by atoms with Gasteiger partial charge in [0.05, 0.1) is 36.4 Å². The van der Waals surface area contributed by atoms with E-state index in [0.717, 1.165) is 22.0 Å². The van der Waals surface area contributed by atoms with Crippen LogP contribution < -0.4 is 4.90 Å². The van der Waals surface area contributed by atoms with Crippen molar-refractivity contribution in [3.63, 3.8) is 0 Å². The fourth-order valence-electron chi connectivity index (χ4n) is 5.55. The number of benzene rings is 2. The number of Topliss-reactive ketones (excluding diaryl/α,β-unsaturated/α-hetero) is 2. The number of nitrogens with zero attached hydrogens (tertiary/aromatic N) is 1. The number of carbonyl (C=O) groups is 2. The normalized spacial score (nSPS) is 35.9. The predicted octanol–water partition coefficient (Wildman–Crippen LogP) is 2.57. The lowest BCUT2D eigenvalue weighted by atomic mass is 9.78. The van der Waals surface area contributed by atoms with Crippen molar-refractivity contribution in [2.45, 2.75) is 31.4 Å². The molecule has 0 aromatic heterocycles. The Bertz CT molecular complexity index is 1030. The molecule has 4 heterocycles. The Morgan fingerprint density at radius 3 is 2.89 bits per heavy atom. The molecule has 2 aromatic rings. The molecule has 4 aliphatic rings. The molecule has 136 valence electrons. The van der Waals surface area contributed by atoms with Crippen LogP contribution in [0.2, 0.25) is 0 Å². The zero-order chi connectivity index (χ0) is 18.3. The fourth-order valence-corrected chi connectivity index (χ4v) is 5.55. The topological polar surface area (TPSA) is 55.8 Å². The van der Waals surface area contributed by atoms with E-state index in [9.17, 15) is 9.59 Å². The molecule has 3 saturated heterocycles. The van der Waals surface area contributed by atoms with E-state index >= 15 is 0 Å². The zero-order valence-electron chi connectivity index (χ0n) is 14.9. The molecule has 4 aliphatic heterocycles. The Balaban J connectivity index is 1.61. The van der Waals surface area contributed by atoms with Crippen molar-refractivity contribution in [3.8, 4) is 0 Å². The Hall–Kier alpha value is -2.50. The second kappa shape index (κ2) is 5.27. The van der Waals surface area contributed by atoms with Gasteiger partial charge in [0.15, 0.2) is 11.6 Å². The molecule has 0 unspecified atom stereocenters. The molecular formula is C22H19NO4. The number of rotatable bonds is 1. The highest BCUT2D eigenvalue weighted by Crippen LogP contribution is 2.51. The highest BCUT2D eigenvalue weighted by Gasteiger charge is 2.63. The lowest BCUT2D eigenvalue weighted by Crippen LogP contribution is -2.48. The van der Waals surface area contributed by atoms with Crippen LogP contribution in [0.25, 0.3) is 16.8 Å². The van der Waals surface area contributed by atoms with E-state index in [0.29, 0.717) is 6.61 Å². The van der Waals surface area contributed by atoms with Crippen LogP contribution in [0.5, 0.6) is 0 Å². The Kier molecular flexibility index (Phi) is 3.04. The minimum Gasteiger partial charge on any atom is -0.353 e. The van der Waals surface area contributed by atoms with E-state index in [2.05, 4.69) is 41.3 Å². The van der Waals surface area contributed by atoms with Crippen molar-refractivity contribution < 1.29 is 19.1 Å². The van der Waals surface area contributed by atoms with Gasteiger partial charge >= 0.3 is 0 Å². The summed E-state index contributed by atoms with van der Waals surface area (Å²) in [5.74, 6) is -0.397. The summed E-state index contributed by atoms with van der Waals surface area (Å²) in [6.45, 7) is 2.01. The summed E-state index contributed by atoms with van der Waals surface area (Å²) in [4.78, 5) is 28.0. The first kappa shape index (κ1) is 15.5. The Morgan fingerprint density at radius 1 is 1.19 bits per heavy atom. The summed E-state index contributed by atoms with van der Waals surface area (Å²) < 4.78 is 11.4. The third-order valence-electron chi connectivity index (χ3n) is 6.55. The molecule has 2 aromatic carbocycles. The van der Waals surface area contributed by atoms with Gasteiger partial charge in [0.25, 0.3) is 0 Å². The molecular weight excluding hydrogens is 342 g/mol. The van der Waals surface area contributed by atoms with E-state index in [-0.39, 0.29) is 41.6 Å². The van der Waals surface area contributed by atoms with Crippen LogP contribution in [0.15, 0.2) is 42.5 Å². The highest BCUT2D eigenvalue weighted by atomic mass is 16.7. The number of fused-ring (bicyclic) bond motifs is 10. The van der Waals surface area contributed by atoms with Crippen molar-refractivity contribution in [1.82, 2.24) is 0 Å². The minimum absolute atomic E-state index is 0.0270. The molecule has 6 atom stereocenters. The molecule has 3 fully saturated rings. The molecule has 27 heavy (non-hydrogen) atoms. The zero-order valence-corrected chi connectivity index (χ0v) is 14.9. The van der Waals surface area contributed by atoms with E-state index < -0.39 is 6.29 Å². The smallest absolute Gasteiger partial charge is 0.218 e. The lowest BCUT2D eigenvalue weighted by Gasteiger charge is -2.36. The van der Waals surface area contributed by atoms with Gasteiger partial charge in [0.1, 0.15) is 0 Å². The molecule has 2 bridgehead atoms. The molecule has 6 rings (SSSR count). The maximum absolute atomic E-state index is 13.0. The van der Waals surface area contributed by atoms with Gasteiger partial charge in [-0.1, -0.05) is 48.6 Å². The van der Waals surface area contributed by atoms with Crippen LogP contribution in [-0.4, -0.2) is 42.7 Å². The first-order valence-corrected chi connectivity index (χ1v) is 9.45. The van der Waals surface area contributed by atoms with Crippen molar-refractivity contribution in [2.75, 3.05) is 11.5 Å². The number of hydrogen-bond donors (Lipinski definition) is 0. The van der Waals surface area contributed by atoms with Gasteiger partial charge in [-0.15, -0.1) is 0 Å². The number of hydrogen-bond acceptors (Lipinski definition) is 5. The van der Waals surface area contributed by atoms with Crippen molar-refractivity contribution >= 4 is 34.1 Å². The second-order valence-electron chi connectivity index (χ2n) is 7.88. The number of anilines is 1. The molecule has 0 N–H and O–H groups in total. The minimum atomic E-state index is -0.772. The van der Waals surface area contributed by atoms with Gasteiger partial charge in [-0.25, -0.2) is 0 Å². The average molecular weight is 361 g/mol. The summed E-state index contributed by atoms with van der Waals surface area (Å²) in [6, 6.07) is 11.9. The van der Waals surface area contributed by atoms with Crippen LogP contribution in [0, 0.1) is 11.8 Å². The third kappa shape index (κ3) is 1.91. The fraction of sp³-hybridized carbons (Fsp3) is 0.364. The quantitative estimate of drug-likeness (QED) is 0.781. The number of ether oxygens (including phenoxy) is 2. The molecule has 0 amide bonds. The van der Waals surface area contributed by atoms with Crippen LogP contribution in [0.1, 0.15) is 12.5 Å². The van der Waals surface area contributed by atoms with Crippen LogP contribution in [0.4, 0.5) is 5.69 Å². The molecule has 0 spiro atoms. The summed E-state index contributed by atoms with van der Waals surface area (Å²) in [5, 5.41) is 2.25. The maximum atomic E-state index is 13.0. The van der Waals surface area contributed by atoms with E-state index in [1.54, 1.807) is 6.92 Å². The van der Waals surface area contributed by atoms with Gasteiger partial charge in [-0.2, -0.15) is 0 Å². The van der Waals surface area contributed by atoms with Crippen LogP contribution in [0.3, 0.4) is 0 Å². The lowest BCUT2D eigenvalue weighted by molar-refractivity contribution is -0.164. The number of carbonyl (C=O) groups excluding carboxylic acids is 2. The van der Waals surface area contributed by atoms with Gasteiger partial charge in [-0.3, -0.25) is 9.59 Å². The second-order valence-corrected chi connectivity index (χ2v) is 7.88. The highest BCUT2D eigenvalue weighted by molar-refractivity contribution is 6.04. The summed E-state index contributed by atoms with van der Waals surface area (Å²) >= 11 is 0. The maximum Gasteiger partial charge on any atom is 0.218 e. The third-order valence-corrected chi connectivity index (χ3v) is 6.55. The Morgan fingerprint density at radius 2 is 2.04 bits per heavy atom. The van der Waals surface area contributed by atoms with E-state index in [4.69, 9.17) is 9.47 Å².